The predicted octanol–water partition coefficient (Wildman–Crippen LogP) is 1.58. The Labute approximate surface area is 86.2 Å². The minimum absolute atomic E-state index is 0.0298. The van der Waals surface area contributed by atoms with Gasteiger partial charge in [0.05, 0.1) is 6.61 Å². The van der Waals surface area contributed by atoms with Crippen LogP contribution in [-0.4, -0.2) is 25.7 Å². The van der Waals surface area contributed by atoms with E-state index in [9.17, 15) is 4.79 Å². The Morgan fingerprint density at radius 1 is 1.43 bits per heavy atom. The first kappa shape index (κ1) is 11.5. The van der Waals surface area contributed by atoms with E-state index >= 15 is 0 Å². The Balaban J connectivity index is 2.36. The van der Waals surface area contributed by atoms with Crippen LogP contribution in [0.1, 0.15) is 33.1 Å². The molecule has 2 atom stereocenters. The molecule has 14 heavy (non-hydrogen) atoms. The van der Waals surface area contributed by atoms with Gasteiger partial charge in [0.2, 0.25) is 0 Å². The maximum atomic E-state index is 11.3. The van der Waals surface area contributed by atoms with Crippen LogP contribution in [-0.2, 0) is 9.53 Å². The summed E-state index contributed by atoms with van der Waals surface area (Å²) >= 11 is 0. The van der Waals surface area contributed by atoms with Crippen molar-refractivity contribution >= 4 is 5.97 Å². The Kier molecular flexibility index (Phi) is 4.94. The fourth-order valence-corrected chi connectivity index (χ4v) is 2.16. The van der Waals surface area contributed by atoms with Gasteiger partial charge in [-0.2, -0.15) is 0 Å². The molecular weight excluding hydrogens is 178 g/mol. The van der Waals surface area contributed by atoms with Crippen LogP contribution >= 0.6 is 0 Å². The van der Waals surface area contributed by atoms with Crippen molar-refractivity contribution in [2.24, 2.45) is 11.8 Å². The molecule has 0 aromatic carbocycles. The average molecular weight is 199 g/mol. The molecule has 1 aliphatic heterocycles. The topological polar surface area (TPSA) is 38.3 Å². The fourth-order valence-electron chi connectivity index (χ4n) is 2.16. The number of hydrogen-bond acceptors (Lipinski definition) is 3. The molecule has 3 nitrogen and oxygen atoms in total. The zero-order valence-corrected chi connectivity index (χ0v) is 9.21. The van der Waals surface area contributed by atoms with Gasteiger partial charge in [-0.25, -0.2) is 0 Å². The second-order valence-electron chi connectivity index (χ2n) is 3.93. The van der Waals surface area contributed by atoms with E-state index in [0.29, 0.717) is 24.9 Å². The van der Waals surface area contributed by atoms with Gasteiger partial charge in [-0.1, -0.05) is 13.3 Å². The third kappa shape index (κ3) is 3.29. The number of rotatable bonds is 4. The Bertz CT molecular complexity index is 182. The van der Waals surface area contributed by atoms with E-state index in [1.165, 1.54) is 0 Å². The van der Waals surface area contributed by atoms with Gasteiger partial charge in [0.1, 0.15) is 0 Å². The molecule has 0 spiro atoms. The highest BCUT2D eigenvalue weighted by molar-refractivity contribution is 5.69. The van der Waals surface area contributed by atoms with Gasteiger partial charge in [-0.05, 0) is 38.3 Å². The van der Waals surface area contributed by atoms with E-state index in [1.807, 2.05) is 6.92 Å². The fraction of sp³-hybridized carbons (Fsp3) is 0.909. The Hall–Kier alpha value is -0.570. The highest BCUT2D eigenvalue weighted by atomic mass is 16.5. The van der Waals surface area contributed by atoms with Crippen LogP contribution in [0.25, 0.3) is 0 Å². The van der Waals surface area contributed by atoms with E-state index in [4.69, 9.17) is 4.74 Å². The zero-order chi connectivity index (χ0) is 10.4. The van der Waals surface area contributed by atoms with Crippen LogP contribution in [0, 0.1) is 11.8 Å². The lowest BCUT2D eigenvalue weighted by molar-refractivity contribution is -0.144. The number of esters is 1. The van der Waals surface area contributed by atoms with E-state index in [1.54, 1.807) is 0 Å². The first-order valence-corrected chi connectivity index (χ1v) is 5.64. The van der Waals surface area contributed by atoms with Crippen LogP contribution in [0.3, 0.4) is 0 Å². The van der Waals surface area contributed by atoms with E-state index in [0.717, 1.165) is 25.9 Å². The maximum Gasteiger partial charge on any atom is 0.306 e. The average Bonchev–Trinajstić information content (AvgIpc) is 2.19. The van der Waals surface area contributed by atoms with Crippen LogP contribution < -0.4 is 5.32 Å². The van der Waals surface area contributed by atoms with Gasteiger partial charge in [-0.3, -0.25) is 4.79 Å². The Morgan fingerprint density at radius 2 is 2.21 bits per heavy atom. The summed E-state index contributed by atoms with van der Waals surface area (Å²) in [4.78, 5) is 11.3. The molecule has 82 valence electrons. The number of ether oxygens (including phenoxy) is 1. The smallest absolute Gasteiger partial charge is 0.306 e. The van der Waals surface area contributed by atoms with Crippen molar-refractivity contribution in [3.8, 4) is 0 Å². The van der Waals surface area contributed by atoms with E-state index in [2.05, 4.69) is 12.2 Å². The van der Waals surface area contributed by atoms with Crippen LogP contribution in [0.4, 0.5) is 0 Å². The SMILES string of the molecule is CCOC(=O)C[C@@H]1CCNC[C@H]1CC. The second kappa shape index (κ2) is 6.02. The molecule has 0 amide bonds. The van der Waals surface area contributed by atoms with Gasteiger partial charge in [0.25, 0.3) is 0 Å². The van der Waals surface area contributed by atoms with Crippen LogP contribution in [0.2, 0.25) is 0 Å². The molecule has 1 rings (SSSR count). The number of carbonyl (C=O) groups excluding carboxylic acids is 1. The minimum Gasteiger partial charge on any atom is -0.466 e. The highest BCUT2D eigenvalue weighted by Crippen LogP contribution is 2.25. The third-order valence-corrected chi connectivity index (χ3v) is 3.02. The summed E-state index contributed by atoms with van der Waals surface area (Å²) in [5.74, 6) is 1.14. The van der Waals surface area contributed by atoms with E-state index in [-0.39, 0.29) is 5.97 Å². The summed E-state index contributed by atoms with van der Waals surface area (Å²) in [7, 11) is 0. The molecule has 1 aliphatic rings. The molecule has 1 heterocycles. The normalized spacial score (nSPS) is 27.3. The first-order chi connectivity index (χ1) is 6.77. The monoisotopic (exact) mass is 199 g/mol. The molecule has 0 unspecified atom stereocenters. The van der Waals surface area contributed by atoms with Crippen molar-refractivity contribution < 1.29 is 9.53 Å². The largest absolute Gasteiger partial charge is 0.466 e. The summed E-state index contributed by atoms with van der Waals surface area (Å²) in [6.45, 7) is 6.65. The molecule has 0 aromatic heterocycles. The molecule has 0 radical (unpaired) electrons. The van der Waals surface area contributed by atoms with Crippen molar-refractivity contribution in [3.63, 3.8) is 0 Å². The molecule has 0 saturated carbocycles. The van der Waals surface area contributed by atoms with E-state index < -0.39 is 0 Å². The van der Waals surface area contributed by atoms with Crippen molar-refractivity contribution in [1.29, 1.82) is 0 Å². The summed E-state index contributed by atoms with van der Waals surface area (Å²) in [5.41, 5.74) is 0. The zero-order valence-electron chi connectivity index (χ0n) is 9.21. The van der Waals surface area contributed by atoms with Crippen LogP contribution in [0.15, 0.2) is 0 Å². The summed E-state index contributed by atoms with van der Waals surface area (Å²) < 4.78 is 4.98. The third-order valence-electron chi connectivity index (χ3n) is 3.02. The molecule has 0 aromatic rings. The lowest BCUT2D eigenvalue weighted by Gasteiger charge is -2.30. The molecule has 0 bridgehead atoms. The number of piperidine rings is 1. The van der Waals surface area contributed by atoms with Gasteiger partial charge in [0, 0.05) is 6.42 Å². The lowest BCUT2D eigenvalue weighted by Crippen LogP contribution is -2.37. The number of nitrogens with one attached hydrogen (secondary N) is 1. The van der Waals surface area contributed by atoms with Crippen LogP contribution in [0.5, 0.6) is 0 Å². The molecule has 3 heteroatoms. The van der Waals surface area contributed by atoms with Gasteiger partial charge in [0.15, 0.2) is 0 Å². The standard InChI is InChI=1S/C11H21NO2/c1-3-9-8-12-6-5-10(9)7-11(13)14-4-2/h9-10,12H,3-8H2,1-2H3/t9-,10+/m1/s1. The molecular formula is C11H21NO2. The molecule has 0 aliphatic carbocycles. The van der Waals surface area contributed by atoms with Gasteiger partial charge >= 0.3 is 5.97 Å². The number of carbonyl (C=O) groups is 1. The highest BCUT2D eigenvalue weighted by Gasteiger charge is 2.25. The molecule has 1 N–H and O–H groups in total. The van der Waals surface area contributed by atoms with Crippen molar-refractivity contribution in [2.75, 3.05) is 19.7 Å². The second-order valence-corrected chi connectivity index (χ2v) is 3.93. The maximum absolute atomic E-state index is 11.3. The first-order valence-electron chi connectivity index (χ1n) is 5.64. The summed E-state index contributed by atoms with van der Waals surface area (Å²) in [5, 5.41) is 3.37. The Morgan fingerprint density at radius 3 is 2.86 bits per heavy atom. The van der Waals surface area contributed by atoms with Gasteiger partial charge in [-0.15, -0.1) is 0 Å². The van der Waals surface area contributed by atoms with Crippen molar-refractivity contribution in [2.45, 2.75) is 33.1 Å². The molecule has 1 fully saturated rings. The summed E-state index contributed by atoms with van der Waals surface area (Å²) in [6.07, 6.45) is 2.86. The van der Waals surface area contributed by atoms with Crippen molar-refractivity contribution in [1.82, 2.24) is 5.32 Å². The predicted molar refractivity (Wildman–Crippen MR) is 56.0 cm³/mol. The minimum atomic E-state index is -0.0298. The van der Waals surface area contributed by atoms with Gasteiger partial charge < -0.3 is 10.1 Å². The summed E-state index contributed by atoms with van der Waals surface area (Å²) in [6, 6.07) is 0. The quantitative estimate of drug-likeness (QED) is 0.698. The number of hydrogen-bond donors (Lipinski definition) is 1. The van der Waals surface area contributed by atoms with Crippen molar-refractivity contribution in [3.05, 3.63) is 0 Å². The lowest BCUT2D eigenvalue weighted by atomic mass is 9.82. The molecule has 1 saturated heterocycles.